The SMILES string of the molecule is COCCn1nc(C(=O)NC(C)c2ccncc2)ccc1=O. The van der Waals surface area contributed by atoms with Gasteiger partial charge in [0.2, 0.25) is 0 Å². The highest BCUT2D eigenvalue weighted by Crippen LogP contribution is 2.10. The van der Waals surface area contributed by atoms with E-state index in [4.69, 9.17) is 4.74 Å². The Bertz CT molecular complexity index is 685. The smallest absolute Gasteiger partial charge is 0.272 e. The number of pyridine rings is 1. The normalized spacial score (nSPS) is 11.9. The van der Waals surface area contributed by atoms with Gasteiger partial charge in [0.15, 0.2) is 0 Å². The van der Waals surface area contributed by atoms with E-state index >= 15 is 0 Å². The van der Waals surface area contributed by atoms with E-state index in [1.54, 1.807) is 12.4 Å². The van der Waals surface area contributed by atoms with Crippen LogP contribution in [0.15, 0.2) is 41.5 Å². The molecule has 0 saturated heterocycles. The molecular weight excluding hydrogens is 284 g/mol. The van der Waals surface area contributed by atoms with E-state index in [9.17, 15) is 9.59 Å². The monoisotopic (exact) mass is 302 g/mol. The molecule has 2 heterocycles. The number of methoxy groups -OCH3 is 1. The molecule has 0 bridgehead atoms. The Morgan fingerprint density at radius 2 is 2.05 bits per heavy atom. The Morgan fingerprint density at radius 1 is 1.32 bits per heavy atom. The molecule has 0 aliphatic rings. The number of amides is 1. The lowest BCUT2D eigenvalue weighted by atomic mass is 10.1. The van der Waals surface area contributed by atoms with Gasteiger partial charge in [-0.3, -0.25) is 14.6 Å². The number of hydrogen-bond donors (Lipinski definition) is 1. The number of aromatic nitrogens is 3. The summed E-state index contributed by atoms with van der Waals surface area (Å²) in [4.78, 5) is 27.8. The molecule has 2 aromatic rings. The van der Waals surface area contributed by atoms with Gasteiger partial charge in [0.1, 0.15) is 5.69 Å². The largest absolute Gasteiger partial charge is 0.383 e. The van der Waals surface area contributed by atoms with Gasteiger partial charge in [0.05, 0.1) is 19.2 Å². The van der Waals surface area contributed by atoms with Crippen molar-refractivity contribution in [2.45, 2.75) is 19.5 Å². The van der Waals surface area contributed by atoms with Crippen molar-refractivity contribution in [3.05, 3.63) is 58.3 Å². The van der Waals surface area contributed by atoms with Gasteiger partial charge in [-0.1, -0.05) is 0 Å². The molecule has 7 heteroatoms. The molecule has 0 aliphatic carbocycles. The number of ether oxygens (including phenoxy) is 1. The molecule has 0 radical (unpaired) electrons. The van der Waals surface area contributed by atoms with Crippen LogP contribution in [-0.2, 0) is 11.3 Å². The fourth-order valence-corrected chi connectivity index (χ4v) is 1.91. The molecule has 22 heavy (non-hydrogen) atoms. The first-order chi connectivity index (χ1) is 10.6. The molecule has 2 rings (SSSR count). The summed E-state index contributed by atoms with van der Waals surface area (Å²) in [6.07, 6.45) is 3.34. The number of carbonyl (C=O) groups is 1. The minimum absolute atomic E-state index is 0.184. The fraction of sp³-hybridized carbons (Fsp3) is 0.333. The summed E-state index contributed by atoms with van der Waals surface area (Å²) in [7, 11) is 1.54. The summed E-state index contributed by atoms with van der Waals surface area (Å²) in [5, 5.41) is 6.90. The summed E-state index contributed by atoms with van der Waals surface area (Å²) >= 11 is 0. The highest BCUT2D eigenvalue weighted by molar-refractivity contribution is 5.92. The van der Waals surface area contributed by atoms with Crippen LogP contribution in [-0.4, -0.2) is 34.4 Å². The van der Waals surface area contributed by atoms with Crippen LogP contribution in [0, 0.1) is 0 Å². The number of nitrogens with zero attached hydrogens (tertiary/aromatic N) is 3. The van der Waals surface area contributed by atoms with Crippen molar-refractivity contribution in [2.24, 2.45) is 0 Å². The van der Waals surface area contributed by atoms with Gasteiger partial charge in [-0.15, -0.1) is 0 Å². The summed E-state index contributed by atoms with van der Waals surface area (Å²) in [5.74, 6) is -0.338. The highest BCUT2D eigenvalue weighted by atomic mass is 16.5. The average molecular weight is 302 g/mol. The summed E-state index contributed by atoms with van der Waals surface area (Å²) in [5.41, 5.74) is 0.864. The first kappa shape index (κ1) is 15.8. The van der Waals surface area contributed by atoms with Crippen LogP contribution in [0.1, 0.15) is 29.0 Å². The third-order valence-corrected chi connectivity index (χ3v) is 3.16. The molecule has 1 atom stereocenters. The molecular formula is C15H18N4O3. The zero-order valence-electron chi connectivity index (χ0n) is 12.5. The van der Waals surface area contributed by atoms with E-state index in [2.05, 4.69) is 15.4 Å². The third-order valence-electron chi connectivity index (χ3n) is 3.16. The lowest BCUT2D eigenvalue weighted by molar-refractivity contribution is 0.0931. The second-order valence-electron chi connectivity index (χ2n) is 4.75. The van der Waals surface area contributed by atoms with Crippen LogP contribution >= 0.6 is 0 Å². The maximum atomic E-state index is 12.2. The molecule has 1 amide bonds. The second kappa shape index (κ2) is 7.46. The van der Waals surface area contributed by atoms with Crippen LogP contribution in [0.4, 0.5) is 0 Å². The van der Waals surface area contributed by atoms with Gasteiger partial charge in [0, 0.05) is 25.6 Å². The first-order valence-electron chi connectivity index (χ1n) is 6.89. The van der Waals surface area contributed by atoms with E-state index in [-0.39, 0.29) is 23.2 Å². The third kappa shape index (κ3) is 3.98. The van der Waals surface area contributed by atoms with Crippen LogP contribution in [0.2, 0.25) is 0 Å². The van der Waals surface area contributed by atoms with Crippen molar-refractivity contribution in [3.63, 3.8) is 0 Å². The lowest BCUT2D eigenvalue weighted by Crippen LogP contribution is -2.31. The Morgan fingerprint density at radius 3 is 2.73 bits per heavy atom. The topological polar surface area (TPSA) is 86.1 Å². The maximum absolute atomic E-state index is 12.2. The van der Waals surface area contributed by atoms with Gasteiger partial charge in [-0.05, 0) is 30.7 Å². The number of carbonyl (C=O) groups excluding carboxylic acids is 1. The average Bonchev–Trinajstić information content (AvgIpc) is 2.54. The Hall–Kier alpha value is -2.54. The molecule has 2 aromatic heterocycles. The molecule has 0 fully saturated rings. The molecule has 1 unspecified atom stereocenters. The molecule has 7 nitrogen and oxygen atoms in total. The predicted molar refractivity (Wildman–Crippen MR) is 80.5 cm³/mol. The minimum atomic E-state index is -0.338. The van der Waals surface area contributed by atoms with Gasteiger partial charge >= 0.3 is 0 Å². The van der Waals surface area contributed by atoms with E-state index in [0.717, 1.165) is 5.56 Å². The molecule has 116 valence electrons. The number of hydrogen-bond acceptors (Lipinski definition) is 5. The molecule has 0 aromatic carbocycles. The van der Waals surface area contributed by atoms with Gasteiger partial charge in [-0.25, -0.2) is 4.68 Å². The summed E-state index contributed by atoms with van der Waals surface area (Å²) < 4.78 is 6.14. The van der Waals surface area contributed by atoms with Crippen molar-refractivity contribution < 1.29 is 9.53 Å². The van der Waals surface area contributed by atoms with Crippen molar-refractivity contribution >= 4 is 5.91 Å². The van der Waals surface area contributed by atoms with Crippen molar-refractivity contribution in [2.75, 3.05) is 13.7 Å². The lowest BCUT2D eigenvalue weighted by Gasteiger charge is -2.14. The van der Waals surface area contributed by atoms with E-state index < -0.39 is 0 Å². The van der Waals surface area contributed by atoms with Crippen LogP contribution in [0.5, 0.6) is 0 Å². The quantitative estimate of drug-likeness (QED) is 0.852. The van der Waals surface area contributed by atoms with Crippen molar-refractivity contribution in [3.8, 4) is 0 Å². The van der Waals surface area contributed by atoms with E-state index in [1.807, 2.05) is 19.1 Å². The zero-order valence-corrected chi connectivity index (χ0v) is 12.5. The van der Waals surface area contributed by atoms with Gasteiger partial charge in [0.25, 0.3) is 11.5 Å². The predicted octanol–water partition coefficient (Wildman–Crippen LogP) is 0.776. The highest BCUT2D eigenvalue weighted by Gasteiger charge is 2.13. The standard InChI is InChI=1S/C15H18N4O3/c1-11(12-5-7-16-8-6-12)17-15(21)13-3-4-14(20)19(18-13)9-10-22-2/h3-8,11H,9-10H2,1-2H3,(H,17,21). The minimum Gasteiger partial charge on any atom is -0.383 e. The maximum Gasteiger partial charge on any atom is 0.272 e. The van der Waals surface area contributed by atoms with Crippen molar-refractivity contribution in [1.29, 1.82) is 0 Å². The van der Waals surface area contributed by atoms with E-state index in [0.29, 0.717) is 13.2 Å². The van der Waals surface area contributed by atoms with Crippen molar-refractivity contribution in [1.82, 2.24) is 20.1 Å². The van der Waals surface area contributed by atoms with Gasteiger partial charge < -0.3 is 10.1 Å². The first-order valence-corrected chi connectivity index (χ1v) is 6.89. The molecule has 0 saturated carbocycles. The zero-order chi connectivity index (χ0) is 15.9. The molecule has 0 aliphatic heterocycles. The van der Waals surface area contributed by atoms with Crippen LogP contribution < -0.4 is 10.9 Å². The second-order valence-corrected chi connectivity index (χ2v) is 4.75. The summed E-state index contributed by atoms with van der Waals surface area (Å²) in [6.45, 7) is 2.52. The Labute approximate surface area is 128 Å². The Balaban J connectivity index is 2.11. The number of nitrogens with one attached hydrogen (secondary N) is 1. The van der Waals surface area contributed by atoms with Crippen LogP contribution in [0.25, 0.3) is 0 Å². The Kier molecular flexibility index (Phi) is 5.37. The number of rotatable bonds is 6. The van der Waals surface area contributed by atoms with Crippen LogP contribution in [0.3, 0.4) is 0 Å². The van der Waals surface area contributed by atoms with E-state index in [1.165, 1.54) is 23.9 Å². The molecule has 0 spiro atoms. The van der Waals surface area contributed by atoms with Gasteiger partial charge in [-0.2, -0.15) is 5.10 Å². The fourth-order valence-electron chi connectivity index (χ4n) is 1.91. The summed E-state index contributed by atoms with van der Waals surface area (Å²) in [6, 6.07) is 6.22. The molecule has 1 N–H and O–H groups in total.